The second-order valence-electron chi connectivity index (χ2n) is 6.79. The molecule has 0 aliphatic heterocycles. The van der Waals surface area contributed by atoms with Gasteiger partial charge in [0.15, 0.2) is 0 Å². The highest BCUT2D eigenvalue weighted by Gasteiger charge is 2.27. The van der Waals surface area contributed by atoms with E-state index in [1.54, 1.807) is 0 Å². The monoisotopic (exact) mass is 423 g/mol. The van der Waals surface area contributed by atoms with Crippen molar-refractivity contribution in [1.82, 2.24) is 5.32 Å². The molecule has 0 aromatic rings. The molecule has 154 valence electrons. The van der Waals surface area contributed by atoms with E-state index in [9.17, 15) is 0 Å². The van der Waals surface area contributed by atoms with E-state index >= 15 is 0 Å². The lowest BCUT2D eigenvalue weighted by Crippen LogP contribution is -2.50. The fourth-order valence-corrected chi connectivity index (χ4v) is 3.18. The largest absolute Gasteiger partial charge is 0.338 e. The minimum absolute atomic E-state index is 0. The Morgan fingerprint density at radius 2 is 1.00 bits per heavy atom. The molecule has 0 rings (SSSR count). The quantitative estimate of drug-likeness (QED) is 0.179. The smallest absolute Gasteiger partial charge is 0.227 e. The van der Waals surface area contributed by atoms with Gasteiger partial charge in [-0.25, -0.2) is 0 Å². The highest BCUT2D eigenvalue weighted by atomic mass is 79.9. The van der Waals surface area contributed by atoms with Crippen LogP contribution in [0.4, 0.5) is 0 Å². The number of unbranched alkanes of at least 4 members (excludes halogenated alkanes) is 11. The SMILES string of the molecule is Br.CCCCCCCCCCCCCCNC(CC)(OCC)OCC. The van der Waals surface area contributed by atoms with Gasteiger partial charge in [-0.15, -0.1) is 17.0 Å². The van der Waals surface area contributed by atoms with Gasteiger partial charge in [0.2, 0.25) is 5.91 Å². The lowest BCUT2D eigenvalue weighted by Gasteiger charge is -2.33. The molecule has 25 heavy (non-hydrogen) atoms. The Kier molecular flexibility index (Phi) is 22.8. The van der Waals surface area contributed by atoms with Crippen molar-refractivity contribution in [1.29, 1.82) is 0 Å². The number of nitrogens with one attached hydrogen (secondary N) is 1. The Hall–Kier alpha value is 0.360. The van der Waals surface area contributed by atoms with Gasteiger partial charge >= 0.3 is 0 Å². The van der Waals surface area contributed by atoms with E-state index in [1.165, 1.54) is 77.0 Å². The van der Waals surface area contributed by atoms with E-state index in [0.29, 0.717) is 13.2 Å². The van der Waals surface area contributed by atoms with Crippen LogP contribution in [0.5, 0.6) is 0 Å². The Labute approximate surface area is 168 Å². The second-order valence-corrected chi connectivity index (χ2v) is 6.79. The number of halogens is 1. The summed E-state index contributed by atoms with van der Waals surface area (Å²) in [5.41, 5.74) is 0. The Morgan fingerprint density at radius 3 is 1.36 bits per heavy atom. The van der Waals surface area contributed by atoms with Crippen LogP contribution in [-0.4, -0.2) is 25.7 Å². The summed E-state index contributed by atoms with van der Waals surface area (Å²) in [4.78, 5) is 0. The summed E-state index contributed by atoms with van der Waals surface area (Å²) in [7, 11) is 0. The maximum absolute atomic E-state index is 5.79. The van der Waals surface area contributed by atoms with E-state index in [2.05, 4.69) is 19.2 Å². The summed E-state index contributed by atoms with van der Waals surface area (Å²) in [5.74, 6) is -0.568. The predicted molar refractivity (Wildman–Crippen MR) is 116 cm³/mol. The molecule has 0 unspecified atom stereocenters. The maximum atomic E-state index is 5.79. The van der Waals surface area contributed by atoms with Crippen LogP contribution in [0.1, 0.15) is 111 Å². The Bertz CT molecular complexity index is 246. The average molecular weight is 425 g/mol. The van der Waals surface area contributed by atoms with Gasteiger partial charge in [-0.1, -0.05) is 84.5 Å². The first kappa shape index (κ1) is 27.6. The van der Waals surface area contributed by atoms with Crippen LogP contribution in [0.15, 0.2) is 0 Å². The highest BCUT2D eigenvalue weighted by Crippen LogP contribution is 2.15. The zero-order chi connectivity index (χ0) is 17.9. The molecular weight excluding hydrogens is 378 g/mol. The molecule has 0 radical (unpaired) electrons. The third-order valence-electron chi connectivity index (χ3n) is 4.65. The molecule has 0 bridgehead atoms. The number of hydrogen-bond donors (Lipinski definition) is 1. The standard InChI is InChI=1S/C21H45NO2.BrH/c1-5-9-10-11-12-13-14-15-16-17-18-19-20-22-21(6-2,23-7-3)24-8-4;/h22H,5-20H2,1-4H3;1H. The predicted octanol–water partition coefficient (Wildman–Crippen LogP) is 6.99. The van der Waals surface area contributed by atoms with Gasteiger partial charge in [-0.05, 0) is 20.3 Å². The molecule has 0 fully saturated rings. The summed E-state index contributed by atoms with van der Waals surface area (Å²) in [6.07, 6.45) is 17.5. The van der Waals surface area contributed by atoms with Crippen molar-refractivity contribution in [2.24, 2.45) is 0 Å². The maximum Gasteiger partial charge on any atom is 0.227 e. The third kappa shape index (κ3) is 16.3. The zero-order valence-corrected chi connectivity index (χ0v) is 19.3. The van der Waals surface area contributed by atoms with Crippen LogP contribution in [0.2, 0.25) is 0 Å². The topological polar surface area (TPSA) is 30.5 Å². The Morgan fingerprint density at radius 1 is 0.600 bits per heavy atom. The molecule has 0 aliphatic carbocycles. The van der Waals surface area contributed by atoms with E-state index in [0.717, 1.165) is 13.0 Å². The summed E-state index contributed by atoms with van der Waals surface area (Å²) in [6, 6.07) is 0. The molecule has 4 heteroatoms. The van der Waals surface area contributed by atoms with Crippen LogP contribution >= 0.6 is 17.0 Å². The third-order valence-corrected chi connectivity index (χ3v) is 4.65. The van der Waals surface area contributed by atoms with Gasteiger partial charge in [-0.3, -0.25) is 5.32 Å². The molecular formula is C21H46BrNO2. The van der Waals surface area contributed by atoms with Crippen molar-refractivity contribution in [3.63, 3.8) is 0 Å². The molecule has 3 nitrogen and oxygen atoms in total. The fourth-order valence-electron chi connectivity index (χ4n) is 3.18. The normalized spacial score (nSPS) is 11.5. The number of ether oxygens (including phenoxy) is 2. The van der Waals surface area contributed by atoms with Crippen molar-refractivity contribution in [2.45, 2.75) is 117 Å². The van der Waals surface area contributed by atoms with E-state index in [-0.39, 0.29) is 17.0 Å². The Balaban J connectivity index is 0. The van der Waals surface area contributed by atoms with Crippen molar-refractivity contribution in [3.05, 3.63) is 0 Å². The van der Waals surface area contributed by atoms with E-state index in [4.69, 9.17) is 9.47 Å². The molecule has 0 spiro atoms. The number of hydrogen-bond acceptors (Lipinski definition) is 3. The van der Waals surface area contributed by atoms with Crippen molar-refractivity contribution in [3.8, 4) is 0 Å². The van der Waals surface area contributed by atoms with Crippen molar-refractivity contribution in [2.75, 3.05) is 19.8 Å². The van der Waals surface area contributed by atoms with Crippen molar-refractivity contribution >= 4 is 17.0 Å². The van der Waals surface area contributed by atoms with Gasteiger partial charge in [0.05, 0.1) is 0 Å². The lowest BCUT2D eigenvalue weighted by molar-refractivity contribution is -0.254. The zero-order valence-electron chi connectivity index (χ0n) is 17.5. The van der Waals surface area contributed by atoms with Gasteiger partial charge in [0, 0.05) is 26.2 Å². The van der Waals surface area contributed by atoms with Crippen LogP contribution in [0.25, 0.3) is 0 Å². The minimum atomic E-state index is -0.568. The molecule has 0 heterocycles. The highest BCUT2D eigenvalue weighted by molar-refractivity contribution is 8.93. The van der Waals surface area contributed by atoms with Crippen LogP contribution in [0, 0.1) is 0 Å². The van der Waals surface area contributed by atoms with E-state index < -0.39 is 5.91 Å². The van der Waals surface area contributed by atoms with Crippen LogP contribution in [0.3, 0.4) is 0 Å². The first-order valence-corrected chi connectivity index (χ1v) is 10.8. The van der Waals surface area contributed by atoms with Gasteiger partial charge in [0.25, 0.3) is 0 Å². The summed E-state index contributed by atoms with van der Waals surface area (Å²) in [6.45, 7) is 10.8. The molecule has 0 saturated carbocycles. The lowest BCUT2D eigenvalue weighted by atomic mass is 10.1. The van der Waals surface area contributed by atoms with E-state index in [1.807, 2.05) is 13.8 Å². The molecule has 0 atom stereocenters. The van der Waals surface area contributed by atoms with Gasteiger partial charge in [0.1, 0.15) is 0 Å². The summed E-state index contributed by atoms with van der Waals surface area (Å²) >= 11 is 0. The van der Waals surface area contributed by atoms with Crippen LogP contribution < -0.4 is 5.32 Å². The van der Waals surface area contributed by atoms with Gasteiger partial charge in [-0.2, -0.15) is 0 Å². The molecule has 0 aromatic carbocycles. The van der Waals surface area contributed by atoms with Crippen molar-refractivity contribution < 1.29 is 9.47 Å². The average Bonchev–Trinajstić information content (AvgIpc) is 2.59. The first-order valence-electron chi connectivity index (χ1n) is 10.8. The van der Waals surface area contributed by atoms with Crippen LogP contribution in [-0.2, 0) is 9.47 Å². The summed E-state index contributed by atoms with van der Waals surface area (Å²) in [5, 5.41) is 3.48. The molecule has 0 aromatic heterocycles. The molecule has 0 saturated heterocycles. The second kappa shape index (κ2) is 20.7. The fraction of sp³-hybridized carbons (Fsp3) is 1.00. The molecule has 0 aliphatic rings. The van der Waals surface area contributed by atoms with Gasteiger partial charge < -0.3 is 9.47 Å². The number of rotatable bonds is 19. The minimum Gasteiger partial charge on any atom is -0.338 e. The molecule has 1 N–H and O–H groups in total. The summed E-state index contributed by atoms with van der Waals surface area (Å²) < 4.78 is 11.6. The molecule has 0 amide bonds. The first-order chi connectivity index (χ1) is 11.7.